The van der Waals surface area contributed by atoms with Gasteiger partial charge in [-0.25, -0.2) is 0 Å². The molecule has 0 aliphatic heterocycles. The summed E-state index contributed by atoms with van der Waals surface area (Å²) in [5.74, 6) is -0.128. The van der Waals surface area contributed by atoms with E-state index in [1.807, 2.05) is 36.4 Å². The lowest BCUT2D eigenvalue weighted by Crippen LogP contribution is -2.13. The van der Waals surface area contributed by atoms with Gasteiger partial charge in [0.15, 0.2) is 0 Å². The largest absolute Gasteiger partial charge is 0.322 e. The Hall–Kier alpha value is -0.970. The molecule has 0 unspecified atom stereocenters. The first-order valence-electron chi connectivity index (χ1n) is 6.49. The summed E-state index contributed by atoms with van der Waals surface area (Å²) in [7, 11) is 0. The van der Waals surface area contributed by atoms with Gasteiger partial charge in [0, 0.05) is 20.3 Å². The van der Waals surface area contributed by atoms with Gasteiger partial charge >= 0.3 is 0 Å². The van der Waals surface area contributed by atoms with Gasteiger partial charge in [-0.2, -0.15) is 0 Å². The molecule has 2 aromatic carbocycles. The van der Waals surface area contributed by atoms with E-state index in [0.29, 0.717) is 21.5 Å². The zero-order valence-electron chi connectivity index (χ0n) is 11.7. The fraction of sp³-hybridized carbons (Fsp3) is 0.188. The van der Waals surface area contributed by atoms with Crippen LogP contribution < -0.4 is 5.32 Å². The molecular formula is C16H15BrClNOS. The minimum Gasteiger partial charge on any atom is -0.322 e. The second-order valence-corrected chi connectivity index (χ2v) is 7.63. The van der Waals surface area contributed by atoms with Crippen LogP contribution >= 0.6 is 39.3 Å². The minimum absolute atomic E-state index is 0.128. The number of nitrogens with one attached hydrogen (secondary N) is 1. The van der Waals surface area contributed by atoms with E-state index < -0.39 is 0 Å². The lowest BCUT2D eigenvalue weighted by Gasteiger charge is -2.12. The molecule has 0 aliphatic carbocycles. The molecule has 2 rings (SSSR count). The summed E-state index contributed by atoms with van der Waals surface area (Å²) in [6.07, 6.45) is 0. The summed E-state index contributed by atoms with van der Waals surface area (Å²) in [4.78, 5) is 13.4. The number of anilines is 1. The Labute approximate surface area is 142 Å². The highest BCUT2D eigenvalue weighted by molar-refractivity contribution is 9.10. The number of hydrogen-bond acceptors (Lipinski definition) is 2. The van der Waals surface area contributed by atoms with Gasteiger partial charge in [0.05, 0.1) is 10.6 Å². The summed E-state index contributed by atoms with van der Waals surface area (Å²) in [5.41, 5.74) is 1.35. The van der Waals surface area contributed by atoms with Crippen LogP contribution in [0.25, 0.3) is 0 Å². The molecule has 2 aromatic rings. The van der Waals surface area contributed by atoms with Crippen LogP contribution in [0.4, 0.5) is 5.69 Å². The van der Waals surface area contributed by atoms with E-state index in [2.05, 4.69) is 35.1 Å². The molecule has 110 valence electrons. The monoisotopic (exact) mass is 383 g/mol. The molecular weight excluding hydrogens is 370 g/mol. The van der Waals surface area contributed by atoms with Crippen LogP contribution in [0.15, 0.2) is 51.8 Å². The number of halogens is 2. The summed E-state index contributed by atoms with van der Waals surface area (Å²) in [6.45, 7) is 4.21. The van der Waals surface area contributed by atoms with Crippen molar-refractivity contribution in [2.75, 3.05) is 5.32 Å². The molecule has 0 saturated heterocycles. The van der Waals surface area contributed by atoms with E-state index in [0.717, 1.165) is 9.37 Å². The maximum Gasteiger partial charge on any atom is 0.256 e. The number of amides is 1. The average Bonchev–Trinajstić information content (AvgIpc) is 2.43. The lowest BCUT2D eigenvalue weighted by molar-refractivity contribution is 0.102. The molecule has 0 heterocycles. The molecule has 0 bridgehead atoms. The van der Waals surface area contributed by atoms with E-state index in [-0.39, 0.29) is 5.91 Å². The molecule has 1 N–H and O–H groups in total. The van der Waals surface area contributed by atoms with Crippen molar-refractivity contribution >= 4 is 50.9 Å². The van der Waals surface area contributed by atoms with Crippen LogP contribution in [0.3, 0.4) is 0 Å². The summed E-state index contributed by atoms with van der Waals surface area (Å²) < 4.78 is 0.804. The highest BCUT2D eigenvalue weighted by atomic mass is 79.9. The Bertz CT molecular complexity index is 660. The molecule has 0 atom stereocenters. The van der Waals surface area contributed by atoms with Gasteiger partial charge in [-0.15, -0.1) is 11.8 Å². The van der Waals surface area contributed by atoms with Crippen LogP contribution in [0.2, 0.25) is 5.02 Å². The minimum atomic E-state index is -0.128. The fourth-order valence-electron chi connectivity index (χ4n) is 1.78. The van der Waals surface area contributed by atoms with Crippen LogP contribution in [0.1, 0.15) is 24.2 Å². The topological polar surface area (TPSA) is 29.1 Å². The first kappa shape index (κ1) is 16.4. The van der Waals surface area contributed by atoms with Gasteiger partial charge in [0.2, 0.25) is 0 Å². The number of carbonyl (C=O) groups excluding carboxylic acids is 1. The molecule has 0 spiro atoms. The van der Waals surface area contributed by atoms with E-state index in [1.54, 1.807) is 17.8 Å². The van der Waals surface area contributed by atoms with E-state index >= 15 is 0 Å². The molecule has 0 fully saturated rings. The van der Waals surface area contributed by atoms with Gasteiger partial charge in [-0.3, -0.25) is 4.79 Å². The van der Waals surface area contributed by atoms with Crippen molar-refractivity contribution < 1.29 is 4.79 Å². The highest BCUT2D eigenvalue weighted by Gasteiger charge is 2.13. The van der Waals surface area contributed by atoms with E-state index in [4.69, 9.17) is 11.6 Å². The van der Waals surface area contributed by atoms with Crippen molar-refractivity contribution in [1.29, 1.82) is 0 Å². The van der Waals surface area contributed by atoms with Crippen molar-refractivity contribution in [3.05, 3.63) is 57.5 Å². The Morgan fingerprint density at radius 2 is 1.95 bits per heavy atom. The molecule has 0 aliphatic rings. The SMILES string of the molecule is CC(C)Sc1ccccc1C(=O)Nc1ccc(Br)c(Cl)c1. The molecule has 0 aromatic heterocycles. The average molecular weight is 385 g/mol. The molecule has 21 heavy (non-hydrogen) atoms. The van der Waals surface area contributed by atoms with Gasteiger partial charge < -0.3 is 5.32 Å². The van der Waals surface area contributed by atoms with Crippen LogP contribution in [-0.2, 0) is 0 Å². The molecule has 2 nitrogen and oxygen atoms in total. The molecule has 5 heteroatoms. The van der Waals surface area contributed by atoms with Crippen molar-refractivity contribution in [3.63, 3.8) is 0 Å². The number of thioether (sulfide) groups is 1. The third-order valence-electron chi connectivity index (χ3n) is 2.67. The van der Waals surface area contributed by atoms with Crippen molar-refractivity contribution in [3.8, 4) is 0 Å². The second kappa shape index (κ2) is 7.34. The first-order valence-corrected chi connectivity index (χ1v) is 8.54. The fourth-order valence-corrected chi connectivity index (χ4v) is 3.16. The number of rotatable bonds is 4. The number of benzene rings is 2. The quantitative estimate of drug-likeness (QED) is 0.669. The third-order valence-corrected chi connectivity index (χ3v) is 4.99. The van der Waals surface area contributed by atoms with Gasteiger partial charge in [0.25, 0.3) is 5.91 Å². The van der Waals surface area contributed by atoms with Crippen LogP contribution in [0.5, 0.6) is 0 Å². The molecule has 0 radical (unpaired) electrons. The molecule has 1 amide bonds. The Kier molecular flexibility index (Phi) is 5.73. The van der Waals surface area contributed by atoms with Crippen molar-refractivity contribution in [1.82, 2.24) is 0 Å². The Morgan fingerprint density at radius 3 is 2.62 bits per heavy atom. The van der Waals surface area contributed by atoms with Crippen molar-refractivity contribution in [2.24, 2.45) is 0 Å². The third kappa shape index (κ3) is 4.50. The number of carbonyl (C=O) groups is 1. The van der Waals surface area contributed by atoms with Gasteiger partial charge in [-0.1, -0.05) is 37.6 Å². The summed E-state index contributed by atoms with van der Waals surface area (Å²) in [6, 6.07) is 13.0. The van der Waals surface area contributed by atoms with Crippen LogP contribution in [-0.4, -0.2) is 11.2 Å². The Morgan fingerprint density at radius 1 is 1.24 bits per heavy atom. The predicted molar refractivity (Wildman–Crippen MR) is 94.5 cm³/mol. The second-order valence-electron chi connectivity index (χ2n) is 4.75. The summed E-state index contributed by atoms with van der Waals surface area (Å²) in [5, 5.41) is 3.87. The maximum atomic E-state index is 12.4. The maximum absolute atomic E-state index is 12.4. The van der Waals surface area contributed by atoms with Gasteiger partial charge in [0.1, 0.15) is 0 Å². The normalized spacial score (nSPS) is 10.7. The van der Waals surface area contributed by atoms with E-state index in [9.17, 15) is 4.79 Å². The first-order chi connectivity index (χ1) is 9.97. The zero-order valence-corrected chi connectivity index (χ0v) is 14.8. The molecule has 0 saturated carbocycles. The Balaban J connectivity index is 2.22. The summed E-state index contributed by atoms with van der Waals surface area (Å²) >= 11 is 11.0. The smallest absolute Gasteiger partial charge is 0.256 e. The van der Waals surface area contributed by atoms with Crippen molar-refractivity contribution in [2.45, 2.75) is 24.0 Å². The number of hydrogen-bond donors (Lipinski definition) is 1. The zero-order chi connectivity index (χ0) is 15.4. The highest BCUT2D eigenvalue weighted by Crippen LogP contribution is 2.28. The standard InChI is InChI=1S/C16H15BrClNOS/c1-10(2)21-15-6-4-3-5-12(15)16(20)19-11-7-8-13(17)14(18)9-11/h3-10H,1-2H3,(H,19,20). The lowest BCUT2D eigenvalue weighted by atomic mass is 10.2. The van der Waals surface area contributed by atoms with Crippen LogP contribution in [0, 0.1) is 0 Å². The predicted octanol–water partition coefficient (Wildman–Crippen LogP) is 5.86. The van der Waals surface area contributed by atoms with E-state index in [1.165, 1.54) is 0 Å². The van der Waals surface area contributed by atoms with Gasteiger partial charge in [-0.05, 0) is 46.3 Å².